The molecule has 1 aliphatic heterocycles. The first-order chi connectivity index (χ1) is 14.0. The van der Waals surface area contributed by atoms with Gasteiger partial charge in [0.15, 0.2) is 11.6 Å². The van der Waals surface area contributed by atoms with Gasteiger partial charge in [0.25, 0.3) is 0 Å². The van der Waals surface area contributed by atoms with Crippen LogP contribution in [-0.2, 0) is 11.2 Å². The van der Waals surface area contributed by atoms with Crippen molar-refractivity contribution in [1.29, 1.82) is 0 Å². The van der Waals surface area contributed by atoms with Crippen LogP contribution < -0.4 is 10.5 Å². The van der Waals surface area contributed by atoms with Crippen molar-refractivity contribution < 1.29 is 18.3 Å². The summed E-state index contributed by atoms with van der Waals surface area (Å²) in [5.74, 6) is 0.287. The number of benzene rings is 2. The van der Waals surface area contributed by atoms with E-state index in [1.165, 1.54) is 13.2 Å². The second-order valence-corrected chi connectivity index (χ2v) is 8.20. The molecule has 1 fully saturated rings. The average molecular weight is 461 g/mol. The van der Waals surface area contributed by atoms with E-state index in [0.717, 1.165) is 33.8 Å². The molecule has 0 saturated carbocycles. The fraction of sp³-hybridized carbons (Fsp3) is 0.318. The van der Waals surface area contributed by atoms with Crippen molar-refractivity contribution in [3.63, 3.8) is 0 Å². The first-order valence-electron chi connectivity index (χ1n) is 9.53. The van der Waals surface area contributed by atoms with Crippen LogP contribution in [0.15, 0.2) is 51.4 Å². The zero-order valence-electron chi connectivity index (χ0n) is 16.0. The van der Waals surface area contributed by atoms with E-state index in [1.807, 2.05) is 24.3 Å². The molecule has 152 valence electrons. The number of hydrogen-bond acceptors (Lipinski definition) is 4. The Kier molecular flexibility index (Phi) is 5.61. The second kappa shape index (κ2) is 8.16. The zero-order valence-corrected chi connectivity index (χ0v) is 17.6. The third kappa shape index (κ3) is 4.02. The van der Waals surface area contributed by atoms with Gasteiger partial charge in [-0.1, -0.05) is 22.0 Å². The molecule has 0 bridgehead atoms. The van der Waals surface area contributed by atoms with Crippen molar-refractivity contribution in [2.45, 2.75) is 31.3 Å². The van der Waals surface area contributed by atoms with Crippen LogP contribution in [0.1, 0.15) is 30.2 Å². The molecule has 1 amide bonds. The van der Waals surface area contributed by atoms with Crippen molar-refractivity contribution in [1.82, 2.24) is 4.90 Å². The Bertz CT molecular complexity index is 1050. The van der Waals surface area contributed by atoms with Gasteiger partial charge in [-0.05, 0) is 54.8 Å². The van der Waals surface area contributed by atoms with Gasteiger partial charge in [-0.3, -0.25) is 4.79 Å². The maximum Gasteiger partial charge on any atom is 0.240 e. The number of fused-ring (bicyclic) bond motifs is 1. The molecular weight excluding hydrogens is 439 g/mol. The molecular formula is C22H22BrFN2O3. The number of halogens is 2. The summed E-state index contributed by atoms with van der Waals surface area (Å²) in [6, 6.07) is 11.6. The number of rotatable bonds is 5. The Hall–Kier alpha value is -2.38. The van der Waals surface area contributed by atoms with Gasteiger partial charge in [-0.15, -0.1) is 0 Å². The summed E-state index contributed by atoms with van der Waals surface area (Å²) in [6.07, 6.45) is 1.95. The summed E-state index contributed by atoms with van der Waals surface area (Å²) in [6.45, 7) is 0.609. The lowest BCUT2D eigenvalue weighted by Gasteiger charge is -2.27. The summed E-state index contributed by atoms with van der Waals surface area (Å²) >= 11 is 3.44. The summed E-state index contributed by atoms with van der Waals surface area (Å²) < 4.78 is 25.9. The minimum Gasteiger partial charge on any atom is -0.494 e. The second-order valence-electron chi connectivity index (χ2n) is 7.29. The molecule has 0 spiro atoms. The quantitative estimate of drug-likeness (QED) is 0.604. The molecule has 29 heavy (non-hydrogen) atoms. The third-order valence-electron chi connectivity index (χ3n) is 5.36. The van der Waals surface area contributed by atoms with E-state index in [9.17, 15) is 9.18 Å². The smallest absolute Gasteiger partial charge is 0.240 e. The maximum absolute atomic E-state index is 14.1. The molecule has 2 aromatic carbocycles. The molecule has 3 aromatic rings. The molecule has 7 heteroatoms. The normalized spacial score (nSPS) is 17.7. The highest BCUT2D eigenvalue weighted by atomic mass is 79.9. The van der Waals surface area contributed by atoms with Gasteiger partial charge in [-0.25, -0.2) is 4.39 Å². The Morgan fingerprint density at radius 1 is 1.34 bits per heavy atom. The summed E-state index contributed by atoms with van der Waals surface area (Å²) in [5.41, 5.74) is 7.76. The highest BCUT2D eigenvalue weighted by molar-refractivity contribution is 9.10. The number of likely N-dealkylation sites (tertiary alicyclic amines) is 1. The van der Waals surface area contributed by atoms with E-state index in [2.05, 4.69) is 15.9 Å². The van der Waals surface area contributed by atoms with Crippen LogP contribution in [0.25, 0.3) is 11.0 Å². The largest absolute Gasteiger partial charge is 0.494 e. The molecule has 4 rings (SSSR count). The number of carbonyl (C=O) groups excluding carboxylic acids is 1. The maximum atomic E-state index is 14.1. The zero-order chi connectivity index (χ0) is 20.5. The van der Waals surface area contributed by atoms with Gasteiger partial charge < -0.3 is 19.8 Å². The molecule has 1 aromatic heterocycles. The summed E-state index contributed by atoms with van der Waals surface area (Å²) in [4.78, 5) is 14.8. The number of nitrogens with zero attached hydrogens (tertiary/aromatic N) is 1. The van der Waals surface area contributed by atoms with E-state index < -0.39 is 11.9 Å². The third-order valence-corrected chi connectivity index (χ3v) is 5.86. The summed E-state index contributed by atoms with van der Waals surface area (Å²) in [5, 5.41) is 0.960. The first-order valence-corrected chi connectivity index (χ1v) is 10.3. The fourth-order valence-electron chi connectivity index (χ4n) is 3.95. The van der Waals surface area contributed by atoms with Crippen molar-refractivity contribution in [3.05, 3.63) is 64.1 Å². The molecule has 2 atom stereocenters. The lowest BCUT2D eigenvalue weighted by atomic mass is 10.0. The highest BCUT2D eigenvalue weighted by Gasteiger charge is 2.33. The lowest BCUT2D eigenvalue weighted by molar-refractivity contribution is -0.133. The molecule has 0 aliphatic carbocycles. The molecule has 1 aliphatic rings. The topological polar surface area (TPSA) is 68.7 Å². The van der Waals surface area contributed by atoms with E-state index in [4.69, 9.17) is 14.9 Å². The van der Waals surface area contributed by atoms with E-state index in [-0.39, 0.29) is 17.7 Å². The fourth-order valence-corrected chi connectivity index (χ4v) is 4.33. The van der Waals surface area contributed by atoms with Gasteiger partial charge in [0.2, 0.25) is 5.91 Å². The number of ether oxygens (including phenoxy) is 1. The van der Waals surface area contributed by atoms with Gasteiger partial charge in [0, 0.05) is 22.8 Å². The molecule has 2 unspecified atom stereocenters. The van der Waals surface area contributed by atoms with Crippen molar-refractivity contribution >= 4 is 32.8 Å². The SMILES string of the molecule is COc1ccc(C2CCCN2C(=O)C(N)Cc2cc3cc(Br)ccc3o2)cc1F. The van der Waals surface area contributed by atoms with Crippen LogP contribution in [0.4, 0.5) is 4.39 Å². The van der Waals surface area contributed by atoms with Crippen LogP contribution >= 0.6 is 15.9 Å². The van der Waals surface area contributed by atoms with Crippen molar-refractivity contribution in [2.75, 3.05) is 13.7 Å². The Morgan fingerprint density at radius 3 is 2.93 bits per heavy atom. The van der Waals surface area contributed by atoms with Gasteiger partial charge in [0.05, 0.1) is 19.2 Å². The van der Waals surface area contributed by atoms with Crippen LogP contribution in [0.3, 0.4) is 0 Å². The van der Waals surface area contributed by atoms with Crippen LogP contribution in [0.5, 0.6) is 5.75 Å². The molecule has 1 saturated heterocycles. The minimum atomic E-state index is -0.720. The molecule has 2 heterocycles. The van der Waals surface area contributed by atoms with E-state index in [0.29, 0.717) is 18.7 Å². The highest BCUT2D eigenvalue weighted by Crippen LogP contribution is 2.34. The lowest BCUT2D eigenvalue weighted by Crippen LogP contribution is -2.44. The van der Waals surface area contributed by atoms with Crippen LogP contribution in [0, 0.1) is 5.82 Å². The van der Waals surface area contributed by atoms with E-state index >= 15 is 0 Å². The molecule has 2 N–H and O–H groups in total. The number of nitrogens with two attached hydrogens (primary N) is 1. The first kappa shape index (κ1) is 19.9. The molecule has 0 radical (unpaired) electrons. The Morgan fingerprint density at radius 2 is 2.17 bits per heavy atom. The standard InChI is InChI=1S/C22H22BrFN2O3/c1-28-21-6-4-13(11-17(21)24)19-3-2-8-26(19)22(27)18(25)12-16-10-14-9-15(23)5-7-20(14)29-16/h4-7,9-11,18-19H,2-3,8,12,25H2,1H3. The van der Waals surface area contributed by atoms with Crippen LogP contribution in [0.2, 0.25) is 0 Å². The van der Waals surface area contributed by atoms with Crippen LogP contribution in [-0.4, -0.2) is 30.5 Å². The minimum absolute atomic E-state index is 0.148. The molecule has 5 nitrogen and oxygen atoms in total. The number of carbonyl (C=O) groups is 1. The number of hydrogen-bond donors (Lipinski definition) is 1. The summed E-state index contributed by atoms with van der Waals surface area (Å²) in [7, 11) is 1.43. The number of methoxy groups -OCH3 is 1. The van der Waals surface area contributed by atoms with Gasteiger partial charge in [-0.2, -0.15) is 0 Å². The predicted molar refractivity (Wildman–Crippen MR) is 112 cm³/mol. The number of amides is 1. The van der Waals surface area contributed by atoms with Gasteiger partial charge >= 0.3 is 0 Å². The monoisotopic (exact) mass is 460 g/mol. The van der Waals surface area contributed by atoms with E-state index in [1.54, 1.807) is 17.0 Å². The Labute approximate surface area is 176 Å². The average Bonchev–Trinajstić information content (AvgIpc) is 3.33. The number of furan rings is 1. The van der Waals surface area contributed by atoms with Crippen molar-refractivity contribution in [2.24, 2.45) is 5.73 Å². The predicted octanol–water partition coefficient (Wildman–Crippen LogP) is 4.58. The Balaban J connectivity index is 1.50. The van der Waals surface area contributed by atoms with Gasteiger partial charge in [0.1, 0.15) is 11.3 Å². The van der Waals surface area contributed by atoms with Crippen molar-refractivity contribution in [3.8, 4) is 5.75 Å².